The first-order valence-corrected chi connectivity index (χ1v) is 10.00. The summed E-state index contributed by atoms with van der Waals surface area (Å²) in [6.45, 7) is 3.97. The number of benzene rings is 1. The van der Waals surface area contributed by atoms with Gasteiger partial charge in [0.25, 0.3) is 0 Å². The number of piperidine rings is 1. The molecule has 4 rings (SSSR count). The van der Waals surface area contributed by atoms with Crippen LogP contribution in [0.5, 0.6) is 0 Å². The van der Waals surface area contributed by atoms with E-state index in [9.17, 15) is 4.39 Å². The van der Waals surface area contributed by atoms with Gasteiger partial charge in [0, 0.05) is 32.7 Å². The Hall–Kier alpha value is -1.53. The predicted octanol–water partition coefficient (Wildman–Crippen LogP) is 3.91. The lowest BCUT2D eigenvalue weighted by Gasteiger charge is -2.37. The van der Waals surface area contributed by atoms with Crippen LogP contribution in [0, 0.1) is 17.7 Å². The molecule has 0 spiro atoms. The lowest BCUT2D eigenvalue weighted by Crippen LogP contribution is -2.37. The van der Waals surface area contributed by atoms with E-state index in [0.717, 1.165) is 48.3 Å². The minimum Gasteiger partial charge on any atom is -0.381 e. The number of anilines is 1. The van der Waals surface area contributed by atoms with E-state index in [2.05, 4.69) is 15.1 Å². The van der Waals surface area contributed by atoms with Gasteiger partial charge in [0.1, 0.15) is 10.8 Å². The molecular formula is C19H24FN3OS. The van der Waals surface area contributed by atoms with E-state index in [-0.39, 0.29) is 5.82 Å². The summed E-state index contributed by atoms with van der Waals surface area (Å²) in [5, 5.41) is 10.5. The quantitative estimate of drug-likeness (QED) is 0.828. The summed E-state index contributed by atoms with van der Waals surface area (Å²) in [7, 11) is 0. The second-order valence-corrected chi connectivity index (χ2v) is 8.06. The van der Waals surface area contributed by atoms with Gasteiger partial charge in [-0.15, -0.1) is 10.2 Å². The molecule has 0 atom stereocenters. The summed E-state index contributed by atoms with van der Waals surface area (Å²) in [5.41, 5.74) is 0.684. The molecule has 1 aromatic heterocycles. The molecular weight excluding hydrogens is 337 g/mol. The standard InChI is InChI=1S/C19H24FN3OS/c20-17-4-2-1-3-16(17)13-18-21-22-19(25-18)23-9-5-14(6-10-23)15-7-11-24-12-8-15/h1-4,14-15H,5-13H2. The summed E-state index contributed by atoms with van der Waals surface area (Å²) in [6.07, 6.45) is 5.41. The second-order valence-electron chi connectivity index (χ2n) is 7.02. The number of hydrogen-bond acceptors (Lipinski definition) is 5. The van der Waals surface area contributed by atoms with Crippen molar-refractivity contribution in [2.75, 3.05) is 31.2 Å². The molecule has 3 heterocycles. The van der Waals surface area contributed by atoms with Crippen LogP contribution in [0.4, 0.5) is 9.52 Å². The Morgan fingerprint density at radius 2 is 1.76 bits per heavy atom. The van der Waals surface area contributed by atoms with Crippen LogP contribution in [-0.2, 0) is 11.2 Å². The van der Waals surface area contributed by atoms with E-state index >= 15 is 0 Å². The van der Waals surface area contributed by atoms with Crippen LogP contribution >= 0.6 is 11.3 Å². The summed E-state index contributed by atoms with van der Waals surface area (Å²) in [5.74, 6) is 1.49. The van der Waals surface area contributed by atoms with Crippen molar-refractivity contribution < 1.29 is 9.13 Å². The summed E-state index contributed by atoms with van der Waals surface area (Å²) in [4.78, 5) is 2.35. The van der Waals surface area contributed by atoms with Crippen molar-refractivity contribution in [1.82, 2.24) is 10.2 Å². The van der Waals surface area contributed by atoms with Crippen molar-refractivity contribution >= 4 is 16.5 Å². The number of rotatable bonds is 4. The fourth-order valence-electron chi connectivity index (χ4n) is 4.00. The van der Waals surface area contributed by atoms with E-state index < -0.39 is 0 Å². The zero-order valence-electron chi connectivity index (χ0n) is 14.4. The molecule has 2 aromatic rings. The van der Waals surface area contributed by atoms with E-state index in [1.165, 1.54) is 31.7 Å². The first-order valence-electron chi connectivity index (χ1n) is 9.18. The van der Waals surface area contributed by atoms with Crippen LogP contribution in [0.25, 0.3) is 0 Å². The van der Waals surface area contributed by atoms with Gasteiger partial charge in [0.15, 0.2) is 0 Å². The number of aromatic nitrogens is 2. The molecule has 0 N–H and O–H groups in total. The van der Waals surface area contributed by atoms with Gasteiger partial charge >= 0.3 is 0 Å². The lowest BCUT2D eigenvalue weighted by molar-refractivity contribution is 0.0419. The third kappa shape index (κ3) is 4.01. The van der Waals surface area contributed by atoms with Crippen molar-refractivity contribution in [2.24, 2.45) is 11.8 Å². The molecule has 0 saturated carbocycles. The van der Waals surface area contributed by atoms with Crippen molar-refractivity contribution in [3.05, 3.63) is 40.7 Å². The van der Waals surface area contributed by atoms with E-state index in [0.29, 0.717) is 12.0 Å². The number of ether oxygens (including phenoxy) is 1. The molecule has 2 aliphatic heterocycles. The van der Waals surface area contributed by atoms with Crippen LogP contribution in [0.15, 0.2) is 24.3 Å². The monoisotopic (exact) mass is 361 g/mol. The lowest BCUT2D eigenvalue weighted by atomic mass is 9.80. The minimum absolute atomic E-state index is 0.170. The first kappa shape index (κ1) is 16.9. The predicted molar refractivity (Wildman–Crippen MR) is 97.6 cm³/mol. The van der Waals surface area contributed by atoms with Gasteiger partial charge in [-0.2, -0.15) is 0 Å². The van der Waals surface area contributed by atoms with Crippen LogP contribution in [0.3, 0.4) is 0 Å². The van der Waals surface area contributed by atoms with Crippen molar-refractivity contribution in [3.8, 4) is 0 Å². The Kier molecular flexibility index (Phi) is 5.27. The summed E-state index contributed by atoms with van der Waals surface area (Å²) < 4.78 is 19.3. The molecule has 25 heavy (non-hydrogen) atoms. The minimum atomic E-state index is -0.170. The maximum atomic E-state index is 13.8. The Balaban J connectivity index is 1.34. The molecule has 4 nitrogen and oxygen atoms in total. The number of hydrogen-bond donors (Lipinski definition) is 0. The molecule has 0 radical (unpaired) electrons. The molecule has 0 amide bonds. The Morgan fingerprint density at radius 3 is 2.52 bits per heavy atom. The smallest absolute Gasteiger partial charge is 0.208 e. The van der Waals surface area contributed by atoms with Gasteiger partial charge in [-0.05, 0) is 49.1 Å². The SMILES string of the molecule is Fc1ccccc1Cc1nnc(N2CCC(C3CCOCC3)CC2)s1. The van der Waals surface area contributed by atoms with Crippen LogP contribution < -0.4 is 4.90 Å². The summed E-state index contributed by atoms with van der Waals surface area (Å²) in [6, 6.07) is 6.89. The molecule has 2 fully saturated rings. The van der Waals surface area contributed by atoms with Gasteiger partial charge < -0.3 is 9.64 Å². The normalized spacial score (nSPS) is 20.1. The van der Waals surface area contributed by atoms with Crippen molar-refractivity contribution in [3.63, 3.8) is 0 Å². The molecule has 2 aliphatic rings. The van der Waals surface area contributed by atoms with Gasteiger partial charge in [0.2, 0.25) is 5.13 Å². The van der Waals surface area contributed by atoms with Crippen LogP contribution in [0.1, 0.15) is 36.3 Å². The third-order valence-corrected chi connectivity index (χ3v) is 6.48. The second kappa shape index (κ2) is 7.79. The average Bonchev–Trinajstić information content (AvgIpc) is 3.13. The third-order valence-electron chi connectivity index (χ3n) is 5.50. The van der Waals surface area contributed by atoms with E-state index in [4.69, 9.17) is 4.74 Å². The molecule has 0 aliphatic carbocycles. The van der Waals surface area contributed by atoms with Crippen molar-refractivity contribution in [2.45, 2.75) is 32.1 Å². The topological polar surface area (TPSA) is 38.2 Å². The van der Waals surface area contributed by atoms with E-state index in [1.807, 2.05) is 12.1 Å². The average molecular weight is 361 g/mol. The highest BCUT2D eigenvalue weighted by atomic mass is 32.1. The molecule has 1 aromatic carbocycles. The van der Waals surface area contributed by atoms with Crippen LogP contribution in [0.2, 0.25) is 0 Å². The largest absolute Gasteiger partial charge is 0.381 e. The van der Waals surface area contributed by atoms with Crippen molar-refractivity contribution in [1.29, 1.82) is 0 Å². The fourth-order valence-corrected chi connectivity index (χ4v) is 4.91. The van der Waals surface area contributed by atoms with Crippen LogP contribution in [-0.4, -0.2) is 36.5 Å². The zero-order chi connectivity index (χ0) is 17.1. The maximum absolute atomic E-state index is 13.8. The van der Waals surface area contributed by atoms with E-state index in [1.54, 1.807) is 17.4 Å². The Labute approximate surface area is 152 Å². The molecule has 134 valence electrons. The molecule has 2 saturated heterocycles. The number of halogens is 1. The molecule has 0 bridgehead atoms. The zero-order valence-corrected chi connectivity index (χ0v) is 15.2. The van der Waals surface area contributed by atoms with Gasteiger partial charge in [-0.25, -0.2) is 4.39 Å². The first-order chi connectivity index (χ1) is 12.3. The highest BCUT2D eigenvalue weighted by Crippen LogP contribution is 2.34. The van der Waals surface area contributed by atoms with Gasteiger partial charge in [-0.3, -0.25) is 0 Å². The fraction of sp³-hybridized carbons (Fsp3) is 0.579. The van der Waals surface area contributed by atoms with Gasteiger partial charge in [0.05, 0.1) is 0 Å². The molecule has 0 unspecified atom stereocenters. The summed E-state index contributed by atoms with van der Waals surface area (Å²) >= 11 is 1.60. The highest BCUT2D eigenvalue weighted by Gasteiger charge is 2.29. The number of nitrogens with zero attached hydrogens (tertiary/aromatic N) is 3. The molecule has 6 heteroatoms. The Bertz CT molecular complexity index is 693. The Morgan fingerprint density at radius 1 is 1.04 bits per heavy atom. The highest BCUT2D eigenvalue weighted by molar-refractivity contribution is 7.15. The maximum Gasteiger partial charge on any atom is 0.208 e. The van der Waals surface area contributed by atoms with Gasteiger partial charge in [-0.1, -0.05) is 29.5 Å².